The van der Waals surface area contributed by atoms with Gasteiger partial charge in [-0.2, -0.15) is 0 Å². The first-order chi connectivity index (χ1) is 14.6. The van der Waals surface area contributed by atoms with E-state index in [1.165, 1.54) is 29.8 Å². The average molecular weight is 494 g/mol. The molecule has 0 bridgehead atoms. The lowest BCUT2D eigenvalue weighted by atomic mass is 10.0. The third-order valence-corrected chi connectivity index (χ3v) is 6.77. The van der Waals surface area contributed by atoms with E-state index >= 15 is 0 Å². The van der Waals surface area contributed by atoms with Gasteiger partial charge in [-0.05, 0) is 78.3 Å². The third-order valence-electron chi connectivity index (χ3n) is 4.43. The van der Waals surface area contributed by atoms with Gasteiger partial charge in [0.15, 0.2) is 5.11 Å². The molecule has 3 aromatic rings. The number of anilines is 3. The Balaban J connectivity index is 1.63. The summed E-state index contributed by atoms with van der Waals surface area (Å²) in [5.74, 6) is 0.458. The van der Waals surface area contributed by atoms with Gasteiger partial charge >= 0.3 is 0 Å². The highest BCUT2D eigenvalue weighted by Crippen LogP contribution is 2.27. The van der Waals surface area contributed by atoms with Crippen LogP contribution in [0.1, 0.15) is 25.3 Å². The fraction of sp³-hybridized carbons (Fsp3) is 0.136. The predicted octanol–water partition coefficient (Wildman–Crippen LogP) is 6.73. The van der Waals surface area contributed by atoms with Gasteiger partial charge in [-0.25, -0.2) is 8.42 Å². The summed E-state index contributed by atoms with van der Waals surface area (Å²) in [6.07, 6.45) is 0. The molecule has 0 fully saturated rings. The van der Waals surface area contributed by atoms with Crippen LogP contribution < -0.4 is 15.4 Å². The molecular weight excluding hydrogens is 473 g/mol. The van der Waals surface area contributed by atoms with E-state index in [4.69, 9.17) is 35.4 Å². The lowest BCUT2D eigenvalue weighted by molar-refractivity contribution is 0.601. The van der Waals surface area contributed by atoms with Crippen LogP contribution in [0.15, 0.2) is 71.6 Å². The zero-order valence-electron chi connectivity index (χ0n) is 16.8. The number of hydrogen-bond acceptors (Lipinski definition) is 3. The molecule has 0 atom stereocenters. The summed E-state index contributed by atoms with van der Waals surface area (Å²) in [4.78, 5) is 0.104. The van der Waals surface area contributed by atoms with E-state index in [9.17, 15) is 8.42 Å². The summed E-state index contributed by atoms with van der Waals surface area (Å²) in [7, 11) is -3.78. The Bertz CT molecular complexity index is 1180. The Labute approximate surface area is 197 Å². The van der Waals surface area contributed by atoms with Crippen molar-refractivity contribution in [1.29, 1.82) is 0 Å². The average Bonchev–Trinajstić information content (AvgIpc) is 2.71. The summed E-state index contributed by atoms with van der Waals surface area (Å²) in [6.45, 7) is 4.28. The largest absolute Gasteiger partial charge is 0.332 e. The summed E-state index contributed by atoms with van der Waals surface area (Å²) >= 11 is 17.2. The van der Waals surface area contributed by atoms with Crippen LogP contribution in [0.2, 0.25) is 10.0 Å². The summed E-state index contributed by atoms with van der Waals surface area (Å²) in [5.41, 5.74) is 3.10. The molecule has 0 heterocycles. The standard InChI is InChI=1S/C22H21Cl2N3O2S2/c1-14(2)15-3-5-16(6-4-15)25-22(30)26-17-7-10-19(11-8-17)31(28,29)27-18-9-12-20(23)21(24)13-18/h3-14,27H,1-2H3,(H2,25,26,30). The molecular formula is C22H21Cl2N3O2S2. The van der Waals surface area contributed by atoms with Crippen LogP contribution in [0.4, 0.5) is 17.1 Å². The second-order valence-corrected chi connectivity index (χ2v) is 10.0. The minimum absolute atomic E-state index is 0.104. The van der Waals surface area contributed by atoms with Crippen molar-refractivity contribution in [3.05, 3.63) is 82.3 Å². The van der Waals surface area contributed by atoms with Crippen molar-refractivity contribution in [3.8, 4) is 0 Å². The van der Waals surface area contributed by atoms with Crippen LogP contribution >= 0.6 is 35.4 Å². The molecule has 9 heteroatoms. The first kappa shape index (κ1) is 23.3. The molecule has 5 nitrogen and oxygen atoms in total. The normalized spacial score (nSPS) is 11.3. The van der Waals surface area contributed by atoms with Gasteiger partial charge in [-0.3, -0.25) is 4.72 Å². The Hall–Kier alpha value is -2.32. The highest BCUT2D eigenvalue weighted by Gasteiger charge is 2.15. The molecule has 3 N–H and O–H groups in total. The fourth-order valence-electron chi connectivity index (χ4n) is 2.74. The van der Waals surface area contributed by atoms with E-state index < -0.39 is 10.0 Å². The van der Waals surface area contributed by atoms with Crippen molar-refractivity contribution in [2.75, 3.05) is 15.4 Å². The molecule has 0 radical (unpaired) electrons. The molecule has 0 unspecified atom stereocenters. The van der Waals surface area contributed by atoms with Crippen molar-refractivity contribution in [2.24, 2.45) is 0 Å². The molecule has 0 spiro atoms. The first-order valence-electron chi connectivity index (χ1n) is 9.40. The number of thiocarbonyl (C=S) groups is 1. The van der Waals surface area contributed by atoms with Crippen molar-refractivity contribution in [3.63, 3.8) is 0 Å². The Morgan fingerprint density at radius 3 is 1.84 bits per heavy atom. The van der Waals surface area contributed by atoms with Crippen LogP contribution in [-0.2, 0) is 10.0 Å². The molecule has 3 aromatic carbocycles. The summed E-state index contributed by atoms with van der Waals surface area (Å²) in [5, 5.41) is 7.17. The lowest BCUT2D eigenvalue weighted by Gasteiger charge is -2.13. The number of rotatable bonds is 6. The van der Waals surface area contributed by atoms with Gasteiger partial charge in [-0.15, -0.1) is 0 Å². The fourth-order valence-corrected chi connectivity index (χ4v) is 4.32. The molecule has 0 saturated carbocycles. The number of nitrogens with one attached hydrogen (secondary N) is 3. The predicted molar refractivity (Wildman–Crippen MR) is 134 cm³/mol. The van der Waals surface area contributed by atoms with Crippen LogP contribution in [-0.4, -0.2) is 13.5 Å². The van der Waals surface area contributed by atoms with Gasteiger partial charge in [0.05, 0.1) is 20.6 Å². The second kappa shape index (κ2) is 9.87. The maximum Gasteiger partial charge on any atom is 0.261 e. The number of hydrogen-bond donors (Lipinski definition) is 3. The molecule has 0 aliphatic heterocycles. The Morgan fingerprint density at radius 2 is 1.32 bits per heavy atom. The monoisotopic (exact) mass is 493 g/mol. The second-order valence-electron chi connectivity index (χ2n) is 7.11. The topological polar surface area (TPSA) is 70.2 Å². The van der Waals surface area contributed by atoms with Crippen LogP contribution in [0.5, 0.6) is 0 Å². The molecule has 162 valence electrons. The first-order valence-corrected chi connectivity index (χ1v) is 12.0. The van der Waals surface area contributed by atoms with E-state index in [-0.39, 0.29) is 9.92 Å². The van der Waals surface area contributed by atoms with Crippen molar-refractivity contribution >= 4 is 67.6 Å². The van der Waals surface area contributed by atoms with Crippen molar-refractivity contribution in [1.82, 2.24) is 0 Å². The van der Waals surface area contributed by atoms with Gasteiger partial charge in [-0.1, -0.05) is 49.2 Å². The van der Waals surface area contributed by atoms with E-state index in [0.29, 0.717) is 27.4 Å². The van der Waals surface area contributed by atoms with Gasteiger partial charge in [0, 0.05) is 11.4 Å². The minimum atomic E-state index is -3.78. The maximum atomic E-state index is 12.6. The smallest absolute Gasteiger partial charge is 0.261 e. The zero-order valence-corrected chi connectivity index (χ0v) is 20.0. The molecule has 0 aliphatic carbocycles. The van der Waals surface area contributed by atoms with Crippen LogP contribution in [0.25, 0.3) is 0 Å². The SMILES string of the molecule is CC(C)c1ccc(NC(=S)Nc2ccc(S(=O)(=O)Nc3ccc(Cl)c(Cl)c3)cc2)cc1. The summed E-state index contributed by atoms with van der Waals surface area (Å²) < 4.78 is 27.7. The van der Waals surface area contributed by atoms with Gasteiger partial charge in [0.2, 0.25) is 0 Å². The van der Waals surface area contributed by atoms with E-state index in [1.807, 2.05) is 12.1 Å². The number of halogens is 2. The molecule has 0 amide bonds. The van der Waals surface area contributed by atoms with Crippen molar-refractivity contribution < 1.29 is 8.42 Å². The minimum Gasteiger partial charge on any atom is -0.332 e. The third kappa shape index (κ3) is 6.33. The Morgan fingerprint density at radius 1 is 0.806 bits per heavy atom. The highest BCUT2D eigenvalue weighted by molar-refractivity contribution is 7.92. The molecule has 0 aliphatic rings. The zero-order chi connectivity index (χ0) is 22.6. The lowest BCUT2D eigenvalue weighted by Crippen LogP contribution is -2.19. The summed E-state index contributed by atoms with van der Waals surface area (Å²) in [6, 6.07) is 18.8. The van der Waals surface area contributed by atoms with E-state index in [0.717, 1.165) is 5.69 Å². The van der Waals surface area contributed by atoms with Gasteiger partial charge < -0.3 is 10.6 Å². The quantitative estimate of drug-likeness (QED) is 0.332. The Kier molecular flexibility index (Phi) is 7.43. The van der Waals surface area contributed by atoms with Gasteiger partial charge in [0.25, 0.3) is 10.0 Å². The number of sulfonamides is 1. The molecule has 0 aromatic heterocycles. The van der Waals surface area contributed by atoms with E-state index in [1.54, 1.807) is 18.2 Å². The van der Waals surface area contributed by atoms with Crippen LogP contribution in [0, 0.1) is 0 Å². The molecule has 31 heavy (non-hydrogen) atoms. The highest BCUT2D eigenvalue weighted by atomic mass is 35.5. The van der Waals surface area contributed by atoms with Crippen LogP contribution in [0.3, 0.4) is 0 Å². The van der Waals surface area contributed by atoms with Crippen molar-refractivity contribution in [2.45, 2.75) is 24.7 Å². The maximum absolute atomic E-state index is 12.6. The van der Waals surface area contributed by atoms with Gasteiger partial charge in [0.1, 0.15) is 0 Å². The van der Waals surface area contributed by atoms with E-state index in [2.05, 4.69) is 41.3 Å². The molecule has 3 rings (SSSR count). The number of benzene rings is 3. The molecule has 0 saturated heterocycles.